The second-order valence-corrected chi connectivity index (χ2v) is 8.06. The van der Waals surface area contributed by atoms with Crippen molar-refractivity contribution < 1.29 is 18.0 Å². The number of nitrogens with one attached hydrogen (secondary N) is 2. The summed E-state index contributed by atoms with van der Waals surface area (Å²) in [6, 6.07) is -0.844. The van der Waals surface area contributed by atoms with E-state index in [9.17, 15) is 18.0 Å². The fourth-order valence-electron chi connectivity index (χ4n) is 3.11. The van der Waals surface area contributed by atoms with Crippen molar-refractivity contribution in [2.75, 3.05) is 11.5 Å². The van der Waals surface area contributed by atoms with Crippen molar-refractivity contribution in [1.82, 2.24) is 10.6 Å². The van der Waals surface area contributed by atoms with E-state index in [1.54, 1.807) is 0 Å². The first-order chi connectivity index (χ1) is 9.37. The summed E-state index contributed by atoms with van der Waals surface area (Å²) in [7, 11) is -3.01. The first kappa shape index (κ1) is 15.3. The predicted molar refractivity (Wildman–Crippen MR) is 74.8 cm³/mol. The van der Waals surface area contributed by atoms with Crippen LogP contribution in [0.3, 0.4) is 0 Å². The second-order valence-electron chi connectivity index (χ2n) is 5.83. The molecule has 114 valence electrons. The van der Waals surface area contributed by atoms with E-state index in [0.717, 1.165) is 25.7 Å². The van der Waals surface area contributed by atoms with Crippen LogP contribution in [0.4, 0.5) is 0 Å². The number of amides is 2. The van der Waals surface area contributed by atoms with E-state index in [-0.39, 0.29) is 35.3 Å². The topological polar surface area (TPSA) is 92.3 Å². The Balaban J connectivity index is 1.97. The molecule has 2 rings (SSSR count). The third-order valence-corrected chi connectivity index (χ3v) is 5.86. The van der Waals surface area contributed by atoms with Gasteiger partial charge in [-0.25, -0.2) is 8.42 Å². The van der Waals surface area contributed by atoms with Gasteiger partial charge in [-0.2, -0.15) is 0 Å². The summed E-state index contributed by atoms with van der Waals surface area (Å²) in [6.07, 6.45) is 4.48. The highest BCUT2D eigenvalue weighted by Crippen LogP contribution is 2.28. The van der Waals surface area contributed by atoms with E-state index >= 15 is 0 Å². The maximum Gasteiger partial charge on any atom is 0.243 e. The van der Waals surface area contributed by atoms with Crippen molar-refractivity contribution in [3.05, 3.63) is 0 Å². The van der Waals surface area contributed by atoms with Gasteiger partial charge in [0.25, 0.3) is 0 Å². The first-order valence-electron chi connectivity index (χ1n) is 7.15. The van der Waals surface area contributed by atoms with Crippen LogP contribution < -0.4 is 10.6 Å². The van der Waals surface area contributed by atoms with Gasteiger partial charge in [-0.05, 0) is 25.2 Å². The molecular weight excluding hydrogens is 280 g/mol. The van der Waals surface area contributed by atoms with Crippen LogP contribution in [0.25, 0.3) is 0 Å². The summed E-state index contributed by atoms with van der Waals surface area (Å²) in [6.45, 7) is 1.40. The zero-order valence-corrected chi connectivity index (χ0v) is 12.5. The van der Waals surface area contributed by atoms with Gasteiger partial charge < -0.3 is 10.6 Å². The molecule has 20 heavy (non-hydrogen) atoms. The van der Waals surface area contributed by atoms with Crippen molar-refractivity contribution >= 4 is 21.7 Å². The Bertz CT molecular complexity index is 483. The number of sulfone groups is 1. The number of carbonyl (C=O) groups excluding carboxylic acids is 2. The Morgan fingerprint density at radius 3 is 2.30 bits per heavy atom. The summed E-state index contributed by atoms with van der Waals surface area (Å²) < 4.78 is 22.8. The highest BCUT2D eigenvalue weighted by Gasteiger charge is 2.35. The van der Waals surface area contributed by atoms with Gasteiger partial charge in [0.2, 0.25) is 11.8 Å². The summed E-state index contributed by atoms with van der Waals surface area (Å²) in [4.78, 5) is 23.6. The van der Waals surface area contributed by atoms with Crippen LogP contribution in [0.2, 0.25) is 0 Å². The highest BCUT2D eigenvalue weighted by molar-refractivity contribution is 7.91. The molecule has 0 radical (unpaired) electrons. The minimum absolute atomic E-state index is 0.0101. The van der Waals surface area contributed by atoms with Crippen molar-refractivity contribution in [3.8, 4) is 0 Å². The van der Waals surface area contributed by atoms with Crippen molar-refractivity contribution in [3.63, 3.8) is 0 Å². The van der Waals surface area contributed by atoms with Crippen LogP contribution in [0.15, 0.2) is 0 Å². The van der Waals surface area contributed by atoms with Gasteiger partial charge in [-0.15, -0.1) is 0 Å². The van der Waals surface area contributed by atoms with Gasteiger partial charge >= 0.3 is 0 Å². The van der Waals surface area contributed by atoms with E-state index in [2.05, 4.69) is 10.6 Å². The summed E-state index contributed by atoms with van der Waals surface area (Å²) >= 11 is 0. The predicted octanol–water partition coefficient (Wildman–Crippen LogP) is -0.0154. The summed E-state index contributed by atoms with van der Waals surface area (Å²) in [5.74, 6) is -0.162. The molecule has 0 aromatic rings. The number of hydrogen-bond donors (Lipinski definition) is 2. The van der Waals surface area contributed by atoms with Gasteiger partial charge in [0, 0.05) is 13.0 Å². The average molecular weight is 302 g/mol. The molecule has 1 aliphatic carbocycles. The molecule has 1 saturated carbocycles. The van der Waals surface area contributed by atoms with E-state index in [4.69, 9.17) is 0 Å². The Hall–Kier alpha value is -1.11. The molecule has 1 saturated heterocycles. The highest BCUT2D eigenvalue weighted by atomic mass is 32.2. The molecule has 1 heterocycles. The normalized spacial score (nSPS) is 27.1. The van der Waals surface area contributed by atoms with Gasteiger partial charge in [0.05, 0.1) is 11.5 Å². The standard InChI is InChI=1S/C13H22N2O4S/c1-9(16)14-12(10-4-2-3-5-10)13(17)15-11-6-7-20(18,19)8-11/h10-12H,2-8H2,1H3,(H,14,16)(H,15,17)/t11-,12-/m1/s1. The SMILES string of the molecule is CC(=O)N[C@@H](C(=O)N[C@@H]1CCS(=O)(=O)C1)C1CCCC1. The molecule has 7 heteroatoms. The summed E-state index contributed by atoms with van der Waals surface area (Å²) in [5.41, 5.74) is 0. The fraction of sp³-hybridized carbons (Fsp3) is 0.846. The van der Waals surface area contributed by atoms with Crippen molar-refractivity contribution in [2.24, 2.45) is 5.92 Å². The van der Waals surface area contributed by atoms with E-state index in [0.29, 0.717) is 6.42 Å². The zero-order valence-electron chi connectivity index (χ0n) is 11.7. The Labute approximate surface area is 119 Å². The lowest BCUT2D eigenvalue weighted by molar-refractivity contribution is -0.129. The van der Waals surface area contributed by atoms with Crippen LogP contribution in [0.1, 0.15) is 39.0 Å². The molecule has 1 aliphatic heterocycles. The monoisotopic (exact) mass is 302 g/mol. The van der Waals surface area contributed by atoms with Gasteiger partial charge in [-0.1, -0.05) is 12.8 Å². The molecule has 0 aromatic carbocycles. The van der Waals surface area contributed by atoms with Crippen LogP contribution >= 0.6 is 0 Å². The Kier molecular flexibility index (Phi) is 4.67. The molecule has 2 atom stereocenters. The number of rotatable bonds is 4. The van der Waals surface area contributed by atoms with Gasteiger partial charge in [-0.3, -0.25) is 9.59 Å². The smallest absolute Gasteiger partial charge is 0.243 e. The molecule has 2 fully saturated rings. The van der Waals surface area contributed by atoms with Crippen LogP contribution in [0.5, 0.6) is 0 Å². The number of carbonyl (C=O) groups is 2. The molecular formula is C13H22N2O4S. The van der Waals surface area contributed by atoms with Gasteiger partial charge in [0.1, 0.15) is 6.04 Å². The molecule has 2 amide bonds. The average Bonchev–Trinajstić information content (AvgIpc) is 2.95. The maximum atomic E-state index is 12.3. The lowest BCUT2D eigenvalue weighted by Gasteiger charge is -2.24. The third-order valence-electron chi connectivity index (χ3n) is 4.09. The fourth-order valence-corrected chi connectivity index (χ4v) is 4.78. The third kappa shape index (κ3) is 3.94. The molecule has 2 aliphatic rings. The van der Waals surface area contributed by atoms with Gasteiger partial charge in [0.15, 0.2) is 9.84 Å². The van der Waals surface area contributed by atoms with Crippen LogP contribution in [-0.4, -0.2) is 43.8 Å². The molecule has 6 nitrogen and oxygen atoms in total. The molecule has 0 bridgehead atoms. The van der Waals surface area contributed by atoms with Crippen molar-refractivity contribution in [2.45, 2.75) is 51.1 Å². The second kappa shape index (κ2) is 6.11. The van der Waals surface area contributed by atoms with E-state index < -0.39 is 15.9 Å². The lowest BCUT2D eigenvalue weighted by atomic mass is 9.97. The molecule has 0 unspecified atom stereocenters. The first-order valence-corrected chi connectivity index (χ1v) is 8.97. The quantitative estimate of drug-likeness (QED) is 0.763. The zero-order chi connectivity index (χ0) is 14.8. The Morgan fingerprint density at radius 2 is 1.80 bits per heavy atom. The minimum Gasteiger partial charge on any atom is -0.351 e. The van der Waals surface area contributed by atoms with Crippen LogP contribution in [-0.2, 0) is 19.4 Å². The van der Waals surface area contributed by atoms with E-state index in [1.165, 1.54) is 6.92 Å². The minimum atomic E-state index is -3.01. The van der Waals surface area contributed by atoms with Crippen molar-refractivity contribution in [1.29, 1.82) is 0 Å². The van der Waals surface area contributed by atoms with E-state index in [1.807, 2.05) is 0 Å². The maximum absolute atomic E-state index is 12.3. The molecule has 2 N–H and O–H groups in total. The summed E-state index contributed by atoms with van der Waals surface area (Å²) in [5, 5.41) is 5.50. The largest absolute Gasteiger partial charge is 0.351 e. The Morgan fingerprint density at radius 1 is 1.15 bits per heavy atom. The number of hydrogen-bond acceptors (Lipinski definition) is 4. The molecule has 0 aromatic heterocycles. The molecule has 0 spiro atoms. The van der Waals surface area contributed by atoms with Crippen LogP contribution in [0, 0.1) is 5.92 Å². The lowest BCUT2D eigenvalue weighted by Crippen LogP contribution is -2.52.